The fraction of sp³-hybridized carbons (Fsp3) is 0.333. The zero-order valence-electron chi connectivity index (χ0n) is 15.2. The zero-order chi connectivity index (χ0) is 18.8. The molecule has 6 heteroatoms. The van der Waals surface area contributed by atoms with Crippen molar-refractivity contribution in [2.24, 2.45) is 0 Å². The Kier molecular flexibility index (Phi) is 5.07. The molecule has 0 spiro atoms. The molecule has 2 aliphatic heterocycles. The molecular weight excluding hydrogens is 360 g/mol. The van der Waals surface area contributed by atoms with E-state index in [1.54, 1.807) is 11.8 Å². The first kappa shape index (κ1) is 17.9. The second-order valence-corrected chi connectivity index (χ2v) is 8.01. The lowest BCUT2D eigenvalue weighted by Crippen LogP contribution is -2.42. The number of carbonyl (C=O) groups is 2. The van der Waals surface area contributed by atoms with Crippen LogP contribution in [0, 0.1) is 0 Å². The minimum absolute atomic E-state index is 0.00941. The van der Waals surface area contributed by atoms with Crippen molar-refractivity contribution in [3.63, 3.8) is 0 Å². The standard InChI is InChI=1S/C21H22N2O3S/c1-15(24)26-20-19-18(14-27-20)22(12-16-8-4-2-5-9-16)21(25)23(19)13-17-10-6-3-7-11-17/h2-11,18-20H,12-14H2,1H3/t18-,19-,20?/m1/s1. The van der Waals surface area contributed by atoms with Crippen LogP contribution in [0.4, 0.5) is 4.79 Å². The zero-order valence-corrected chi connectivity index (χ0v) is 16.0. The van der Waals surface area contributed by atoms with E-state index in [0.717, 1.165) is 16.9 Å². The molecule has 4 rings (SSSR count). The minimum atomic E-state index is -0.319. The quantitative estimate of drug-likeness (QED) is 0.587. The van der Waals surface area contributed by atoms with Crippen molar-refractivity contribution in [3.05, 3.63) is 71.8 Å². The number of carbonyl (C=O) groups excluding carboxylic acids is 2. The Balaban J connectivity index is 1.61. The number of amides is 2. The summed E-state index contributed by atoms with van der Waals surface area (Å²) in [5, 5.41) is 0. The summed E-state index contributed by atoms with van der Waals surface area (Å²) in [5.41, 5.74) is 1.86. The highest BCUT2D eigenvalue weighted by molar-refractivity contribution is 8.00. The number of esters is 1. The van der Waals surface area contributed by atoms with Gasteiger partial charge in [0.1, 0.15) is 6.04 Å². The first-order valence-electron chi connectivity index (χ1n) is 9.07. The van der Waals surface area contributed by atoms with Gasteiger partial charge in [0.2, 0.25) is 0 Å². The molecule has 140 valence electrons. The number of hydrogen-bond acceptors (Lipinski definition) is 4. The molecule has 2 aromatic rings. The lowest BCUT2D eigenvalue weighted by atomic mass is 10.1. The Morgan fingerprint density at radius 1 is 1.00 bits per heavy atom. The van der Waals surface area contributed by atoms with Gasteiger partial charge < -0.3 is 14.5 Å². The fourth-order valence-corrected chi connectivity index (χ4v) is 5.31. The normalized spacial score (nSPS) is 24.2. The highest BCUT2D eigenvalue weighted by atomic mass is 32.2. The molecule has 5 nitrogen and oxygen atoms in total. The first-order chi connectivity index (χ1) is 13.1. The van der Waals surface area contributed by atoms with E-state index in [0.29, 0.717) is 13.1 Å². The van der Waals surface area contributed by atoms with Gasteiger partial charge in [-0.05, 0) is 11.1 Å². The number of ether oxygens (including phenoxy) is 1. The number of fused-ring (bicyclic) bond motifs is 1. The maximum atomic E-state index is 13.3. The SMILES string of the molecule is CC(=O)OC1SC[C@@H]2[C@H]1N(Cc1ccccc1)C(=O)N2Cc1ccccc1. The van der Waals surface area contributed by atoms with E-state index >= 15 is 0 Å². The molecule has 0 saturated carbocycles. The Bertz CT molecular complexity index is 815. The van der Waals surface area contributed by atoms with Crippen LogP contribution in [-0.2, 0) is 22.6 Å². The predicted molar refractivity (Wildman–Crippen MR) is 105 cm³/mol. The van der Waals surface area contributed by atoms with E-state index in [1.807, 2.05) is 70.5 Å². The van der Waals surface area contributed by atoms with Crippen LogP contribution in [0.15, 0.2) is 60.7 Å². The molecule has 0 aromatic heterocycles. The van der Waals surface area contributed by atoms with Gasteiger partial charge in [-0.1, -0.05) is 60.7 Å². The van der Waals surface area contributed by atoms with Crippen LogP contribution in [0.2, 0.25) is 0 Å². The van der Waals surface area contributed by atoms with Gasteiger partial charge in [-0.25, -0.2) is 4.79 Å². The third-order valence-corrected chi connectivity index (χ3v) is 6.27. The lowest BCUT2D eigenvalue weighted by molar-refractivity contribution is -0.144. The number of urea groups is 1. The molecule has 2 fully saturated rings. The van der Waals surface area contributed by atoms with Gasteiger partial charge in [-0.15, -0.1) is 11.8 Å². The summed E-state index contributed by atoms with van der Waals surface area (Å²) in [4.78, 5) is 28.6. The molecule has 2 aliphatic rings. The van der Waals surface area contributed by atoms with Crippen LogP contribution < -0.4 is 0 Å². The third-order valence-electron chi connectivity index (χ3n) is 5.03. The van der Waals surface area contributed by atoms with Crippen molar-refractivity contribution in [2.75, 3.05) is 5.75 Å². The summed E-state index contributed by atoms with van der Waals surface area (Å²) in [6, 6.07) is 19.9. The van der Waals surface area contributed by atoms with Crippen LogP contribution in [0.5, 0.6) is 0 Å². The number of benzene rings is 2. The number of rotatable bonds is 5. The summed E-state index contributed by atoms with van der Waals surface area (Å²) in [6.07, 6.45) is 0. The molecular formula is C21H22N2O3S. The Hall–Kier alpha value is -2.47. The topological polar surface area (TPSA) is 49.9 Å². The molecule has 0 aliphatic carbocycles. The van der Waals surface area contributed by atoms with Crippen LogP contribution in [-0.4, -0.2) is 45.1 Å². The molecule has 0 N–H and O–H groups in total. The summed E-state index contributed by atoms with van der Waals surface area (Å²) in [6.45, 7) is 2.51. The third kappa shape index (κ3) is 3.67. The lowest BCUT2D eigenvalue weighted by Gasteiger charge is -2.26. The minimum Gasteiger partial charge on any atom is -0.449 e. The van der Waals surface area contributed by atoms with Gasteiger partial charge in [0.15, 0.2) is 5.44 Å². The van der Waals surface area contributed by atoms with Gasteiger partial charge in [0.25, 0.3) is 0 Å². The first-order valence-corrected chi connectivity index (χ1v) is 10.1. The van der Waals surface area contributed by atoms with Crippen molar-refractivity contribution >= 4 is 23.8 Å². The molecule has 27 heavy (non-hydrogen) atoms. The van der Waals surface area contributed by atoms with Crippen molar-refractivity contribution in [1.82, 2.24) is 9.80 Å². The molecule has 0 bridgehead atoms. The summed E-state index contributed by atoms with van der Waals surface area (Å²) < 4.78 is 5.54. The van der Waals surface area contributed by atoms with Gasteiger partial charge >= 0.3 is 12.0 Å². The van der Waals surface area contributed by atoms with Crippen molar-refractivity contribution in [1.29, 1.82) is 0 Å². The van der Waals surface area contributed by atoms with E-state index in [4.69, 9.17) is 4.74 Å². The number of hydrogen-bond donors (Lipinski definition) is 0. The number of nitrogens with zero attached hydrogens (tertiary/aromatic N) is 2. The maximum Gasteiger partial charge on any atom is 0.321 e. The van der Waals surface area contributed by atoms with E-state index in [9.17, 15) is 9.59 Å². The van der Waals surface area contributed by atoms with Crippen LogP contribution in [0.3, 0.4) is 0 Å². The largest absolute Gasteiger partial charge is 0.449 e. The second kappa shape index (κ2) is 7.64. The summed E-state index contributed by atoms with van der Waals surface area (Å²) in [5.74, 6) is 0.466. The van der Waals surface area contributed by atoms with Gasteiger partial charge in [-0.3, -0.25) is 4.79 Å². The van der Waals surface area contributed by atoms with Crippen molar-refractivity contribution in [2.45, 2.75) is 37.5 Å². The van der Waals surface area contributed by atoms with Gasteiger partial charge in [-0.2, -0.15) is 0 Å². The van der Waals surface area contributed by atoms with Crippen molar-refractivity contribution < 1.29 is 14.3 Å². The highest BCUT2D eigenvalue weighted by Crippen LogP contribution is 2.41. The molecule has 2 saturated heterocycles. The summed E-state index contributed by atoms with van der Waals surface area (Å²) >= 11 is 1.61. The average Bonchev–Trinajstić information content (AvgIpc) is 3.18. The fourth-order valence-electron chi connectivity index (χ4n) is 3.82. The van der Waals surface area contributed by atoms with Gasteiger partial charge in [0, 0.05) is 25.8 Å². The molecule has 3 atom stereocenters. The number of thioether (sulfide) groups is 1. The Morgan fingerprint density at radius 2 is 1.56 bits per heavy atom. The van der Waals surface area contributed by atoms with E-state index in [-0.39, 0.29) is 29.5 Å². The molecule has 2 aromatic carbocycles. The smallest absolute Gasteiger partial charge is 0.321 e. The van der Waals surface area contributed by atoms with E-state index < -0.39 is 0 Å². The molecule has 2 amide bonds. The van der Waals surface area contributed by atoms with E-state index in [1.165, 1.54) is 6.92 Å². The molecule has 1 unspecified atom stereocenters. The van der Waals surface area contributed by atoms with Crippen LogP contribution >= 0.6 is 11.8 Å². The second-order valence-electron chi connectivity index (χ2n) is 6.88. The van der Waals surface area contributed by atoms with Gasteiger partial charge in [0.05, 0.1) is 6.04 Å². The van der Waals surface area contributed by atoms with E-state index in [2.05, 4.69) is 0 Å². The van der Waals surface area contributed by atoms with Crippen LogP contribution in [0.1, 0.15) is 18.1 Å². The van der Waals surface area contributed by atoms with Crippen LogP contribution in [0.25, 0.3) is 0 Å². The average molecular weight is 382 g/mol. The van der Waals surface area contributed by atoms with Crippen molar-refractivity contribution in [3.8, 4) is 0 Å². The highest BCUT2D eigenvalue weighted by Gasteiger charge is 2.54. The molecule has 0 radical (unpaired) electrons. The Morgan fingerprint density at radius 3 is 2.11 bits per heavy atom. The monoisotopic (exact) mass is 382 g/mol. The summed E-state index contributed by atoms with van der Waals surface area (Å²) in [7, 11) is 0. The maximum absolute atomic E-state index is 13.3. The molecule has 2 heterocycles. The predicted octanol–water partition coefficient (Wildman–Crippen LogP) is 3.50. The Labute approximate surface area is 163 Å².